The molecule has 5 nitrogen and oxygen atoms in total. The molecule has 0 bridgehead atoms. The number of aryl methyl sites for hydroxylation is 1. The van der Waals surface area contributed by atoms with E-state index in [9.17, 15) is 4.79 Å². The quantitative estimate of drug-likeness (QED) is 0.849. The molecular formula is C16H16N4OS. The number of hydrogen-bond donors (Lipinski definition) is 2. The van der Waals surface area contributed by atoms with Crippen molar-refractivity contribution < 1.29 is 4.79 Å². The van der Waals surface area contributed by atoms with Crippen molar-refractivity contribution >= 4 is 28.1 Å². The number of fused-ring (bicyclic) bond motifs is 1. The van der Waals surface area contributed by atoms with Crippen molar-refractivity contribution in [2.75, 3.05) is 17.6 Å². The number of carbonyl (C=O) groups is 1. The van der Waals surface area contributed by atoms with Crippen molar-refractivity contribution in [1.29, 1.82) is 5.26 Å². The third-order valence-corrected chi connectivity index (χ3v) is 4.83. The molecule has 0 radical (unpaired) electrons. The second-order valence-electron chi connectivity index (χ2n) is 5.32. The Morgan fingerprint density at radius 1 is 1.41 bits per heavy atom. The van der Waals surface area contributed by atoms with Crippen molar-refractivity contribution in [2.24, 2.45) is 0 Å². The van der Waals surface area contributed by atoms with Crippen LogP contribution in [0.5, 0.6) is 0 Å². The van der Waals surface area contributed by atoms with Gasteiger partial charge in [-0.2, -0.15) is 5.26 Å². The molecule has 0 atom stereocenters. The highest BCUT2D eigenvalue weighted by atomic mass is 32.1. The van der Waals surface area contributed by atoms with Gasteiger partial charge in [-0.15, -0.1) is 11.3 Å². The first-order valence-corrected chi connectivity index (χ1v) is 7.83. The van der Waals surface area contributed by atoms with Gasteiger partial charge in [0.1, 0.15) is 11.1 Å². The molecule has 0 saturated heterocycles. The topological polar surface area (TPSA) is 82.2 Å². The Labute approximate surface area is 133 Å². The van der Waals surface area contributed by atoms with Crippen LogP contribution in [-0.4, -0.2) is 17.5 Å². The number of nitrogen functional groups attached to an aromatic ring is 1. The maximum absolute atomic E-state index is 12.3. The van der Waals surface area contributed by atoms with E-state index in [1.807, 2.05) is 31.2 Å². The van der Waals surface area contributed by atoms with E-state index in [0.717, 1.165) is 21.7 Å². The molecule has 0 fully saturated rings. The second kappa shape index (κ2) is 5.70. The van der Waals surface area contributed by atoms with Crippen LogP contribution in [0.4, 0.5) is 15.5 Å². The zero-order valence-corrected chi connectivity index (χ0v) is 13.0. The van der Waals surface area contributed by atoms with E-state index in [1.165, 1.54) is 11.3 Å². The predicted octanol–water partition coefficient (Wildman–Crippen LogP) is 3.10. The van der Waals surface area contributed by atoms with Crippen molar-refractivity contribution in [3.8, 4) is 6.07 Å². The Morgan fingerprint density at radius 3 is 2.82 bits per heavy atom. The fourth-order valence-electron chi connectivity index (χ4n) is 2.56. The van der Waals surface area contributed by atoms with Crippen LogP contribution in [0.1, 0.15) is 21.6 Å². The summed E-state index contributed by atoms with van der Waals surface area (Å²) in [6, 6.07) is 9.73. The van der Waals surface area contributed by atoms with Crippen LogP contribution < -0.4 is 11.1 Å². The van der Waals surface area contributed by atoms with E-state index in [2.05, 4.69) is 11.4 Å². The summed E-state index contributed by atoms with van der Waals surface area (Å²) >= 11 is 1.40. The van der Waals surface area contributed by atoms with Crippen LogP contribution in [0.3, 0.4) is 0 Å². The molecule has 6 heteroatoms. The van der Waals surface area contributed by atoms with E-state index >= 15 is 0 Å². The smallest absolute Gasteiger partial charge is 0.322 e. The van der Waals surface area contributed by atoms with Crippen molar-refractivity contribution in [3.05, 3.63) is 45.8 Å². The summed E-state index contributed by atoms with van der Waals surface area (Å²) in [5, 5.41) is 12.6. The van der Waals surface area contributed by atoms with Crippen LogP contribution in [0.2, 0.25) is 0 Å². The van der Waals surface area contributed by atoms with E-state index in [4.69, 9.17) is 11.0 Å². The number of benzene rings is 1. The first-order chi connectivity index (χ1) is 10.6. The molecule has 22 heavy (non-hydrogen) atoms. The summed E-state index contributed by atoms with van der Waals surface area (Å²) in [6.45, 7) is 3.10. The van der Waals surface area contributed by atoms with Gasteiger partial charge in [-0.3, -0.25) is 0 Å². The Morgan fingerprint density at radius 2 is 2.14 bits per heavy atom. The molecule has 2 aromatic rings. The van der Waals surface area contributed by atoms with Gasteiger partial charge in [0.2, 0.25) is 0 Å². The molecule has 0 spiro atoms. The van der Waals surface area contributed by atoms with Gasteiger partial charge in [-0.1, -0.05) is 17.7 Å². The van der Waals surface area contributed by atoms with Gasteiger partial charge in [-0.25, -0.2) is 4.79 Å². The molecule has 0 aliphatic carbocycles. The molecule has 2 heterocycles. The second-order valence-corrected chi connectivity index (χ2v) is 6.46. The molecule has 1 aliphatic rings. The number of nitriles is 1. The molecule has 112 valence electrons. The van der Waals surface area contributed by atoms with E-state index in [-0.39, 0.29) is 6.03 Å². The summed E-state index contributed by atoms with van der Waals surface area (Å²) in [4.78, 5) is 15.1. The highest BCUT2D eigenvalue weighted by Gasteiger charge is 2.26. The fourth-order valence-corrected chi connectivity index (χ4v) is 3.64. The van der Waals surface area contributed by atoms with E-state index in [1.54, 1.807) is 4.90 Å². The summed E-state index contributed by atoms with van der Waals surface area (Å²) in [5.41, 5.74) is 9.39. The number of nitrogens with one attached hydrogen (secondary N) is 1. The minimum Gasteiger partial charge on any atom is -0.389 e. The number of thiophene rings is 1. The van der Waals surface area contributed by atoms with Crippen molar-refractivity contribution in [3.63, 3.8) is 0 Å². The molecular weight excluding hydrogens is 296 g/mol. The maximum Gasteiger partial charge on any atom is 0.322 e. The van der Waals surface area contributed by atoms with Crippen molar-refractivity contribution in [2.45, 2.75) is 19.9 Å². The summed E-state index contributed by atoms with van der Waals surface area (Å²) in [6.07, 6.45) is 0.674. The molecule has 3 rings (SSSR count). The number of rotatable bonds is 1. The molecule has 0 unspecified atom stereocenters. The zero-order chi connectivity index (χ0) is 15.7. The third-order valence-electron chi connectivity index (χ3n) is 3.79. The molecule has 1 aromatic heterocycles. The fraction of sp³-hybridized carbons (Fsp3) is 0.250. The van der Waals surface area contributed by atoms with Gasteiger partial charge < -0.3 is 16.0 Å². The molecule has 1 aromatic carbocycles. The van der Waals surface area contributed by atoms with Crippen LogP contribution in [-0.2, 0) is 13.0 Å². The predicted molar refractivity (Wildman–Crippen MR) is 87.8 cm³/mol. The van der Waals surface area contributed by atoms with Gasteiger partial charge in [-0.05, 0) is 31.0 Å². The zero-order valence-electron chi connectivity index (χ0n) is 12.2. The number of urea groups is 1. The average molecular weight is 312 g/mol. The lowest BCUT2D eigenvalue weighted by atomic mass is 10.0. The lowest BCUT2D eigenvalue weighted by Gasteiger charge is -2.27. The van der Waals surface area contributed by atoms with E-state index < -0.39 is 0 Å². The molecule has 0 saturated carbocycles. The van der Waals surface area contributed by atoms with Crippen molar-refractivity contribution in [1.82, 2.24) is 4.90 Å². The minimum atomic E-state index is -0.125. The van der Waals surface area contributed by atoms with Crippen LogP contribution in [0, 0.1) is 18.3 Å². The van der Waals surface area contributed by atoms with Gasteiger partial charge in [0, 0.05) is 17.1 Å². The number of amides is 2. The largest absolute Gasteiger partial charge is 0.389 e. The number of nitrogens with two attached hydrogens (primary N) is 1. The highest BCUT2D eigenvalue weighted by Crippen LogP contribution is 2.34. The Kier molecular flexibility index (Phi) is 3.73. The minimum absolute atomic E-state index is 0.125. The first kappa shape index (κ1) is 14.4. The number of carbonyl (C=O) groups excluding carboxylic acids is 1. The molecule has 1 aliphatic heterocycles. The Bertz CT molecular complexity index is 758. The maximum atomic E-state index is 12.3. The summed E-state index contributed by atoms with van der Waals surface area (Å²) in [5.74, 6) is 0. The molecule has 3 N–H and O–H groups in total. The normalized spacial score (nSPS) is 13.4. The standard InChI is InChI=1S/C16H16N4OS/c1-10-2-4-11(5-3-10)19-16(21)20-7-6-12-13(8-17)15(18)22-14(12)9-20/h2-5H,6-7,9,18H2,1H3,(H,19,21). The van der Waals surface area contributed by atoms with E-state index in [0.29, 0.717) is 30.1 Å². The van der Waals surface area contributed by atoms with Crippen LogP contribution >= 0.6 is 11.3 Å². The van der Waals surface area contributed by atoms with Gasteiger partial charge >= 0.3 is 6.03 Å². The van der Waals surface area contributed by atoms with Gasteiger partial charge in [0.25, 0.3) is 0 Å². The Hall–Kier alpha value is -2.52. The first-order valence-electron chi connectivity index (χ1n) is 7.01. The average Bonchev–Trinajstić information content (AvgIpc) is 2.83. The highest BCUT2D eigenvalue weighted by molar-refractivity contribution is 7.16. The third kappa shape index (κ3) is 2.63. The van der Waals surface area contributed by atoms with Gasteiger partial charge in [0.05, 0.1) is 12.1 Å². The lowest BCUT2D eigenvalue weighted by Crippen LogP contribution is -2.38. The lowest BCUT2D eigenvalue weighted by molar-refractivity contribution is 0.207. The monoisotopic (exact) mass is 312 g/mol. The van der Waals surface area contributed by atoms with Crippen LogP contribution in [0.25, 0.3) is 0 Å². The summed E-state index contributed by atoms with van der Waals surface area (Å²) < 4.78 is 0. The number of hydrogen-bond acceptors (Lipinski definition) is 4. The number of nitrogens with zero attached hydrogens (tertiary/aromatic N) is 2. The van der Waals surface area contributed by atoms with Gasteiger partial charge in [0.15, 0.2) is 0 Å². The molecule has 2 amide bonds. The summed E-state index contributed by atoms with van der Waals surface area (Å²) in [7, 11) is 0. The Balaban J connectivity index is 1.73. The SMILES string of the molecule is Cc1ccc(NC(=O)N2CCc3c(sc(N)c3C#N)C2)cc1. The number of anilines is 2. The van der Waals surface area contributed by atoms with Crippen LogP contribution in [0.15, 0.2) is 24.3 Å².